The van der Waals surface area contributed by atoms with Gasteiger partial charge in [0.15, 0.2) is 17.5 Å². The van der Waals surface area contributed by atoms with Crippen LogP contribution in [0.15, 0.2) is 194 Å². The molecule has 11 rings (SSSR count). The molecule has 4 nitrogen and oxygen atoms in total. The van der Waals surface area contributed by atoms with Crippen LogP contribution < -0.4 is 0 Å². The van der Waals surface area contributed by atoms with Gasteiger partial charge in [-0.3, -0.25) is 0 Å². The molecule has 5 heteroatoms. The fraction of sp³-hybridized carbons (Fsp3) is 0. The van der Waals surface area contributed by atoms with Crippen LogP contribution in [0.4, 0.5) is 0 Å². The molecule has 0 aliphatic carbocycles. The van der Waals surface area contributed by atoms with Crippen LogP contribution in [0.5, 0.6) is 0 Å². The topological polar surface area (TPSA) is 43.6 Å². The molecule has 56 heavy (non-hydrogen) atoms. The maximum absolute atomic E-state index is 4.90. The Balaban J connectivity index is 0.891. The molecule has 0 bridgehead atoms. The van der Waals surface area contributed by atoms with Crippen molar-refractivity contribution >= 4 is 53.3 Å². The third-order valence-electron chi connectivity index (χ3n) is 10.7. The van der Waals surface area contributed by atoms with Crippen LogP contribution in [-0.2, 0) is 0 Å². The van der Waals surface area contributed by atoms with Gasteiger partial charge in [-0.05, 0) is 52.6 Å². The minimum Gasteiger partial charge on any atom is -0.309 e. The van der Waals surface area contributed by atoms with Crippen molar-refractivity contribution in [3.63, 3.8) is 0 Å². The molecule has 11 aromatic rings. The molecule has 0 unspecified atom stereocenters. The third kappa shape index (κ3) is 5.48. The lowest BCUT2D eigenvalue weighted by molar-refractivity contribution is 1.07. The maximum Gasteiger partial charge on any atom is 0.164 e. The zero-order valence-corrected chi connectivity index (χ0v) is 31.0. The van der Waals surface area contributed by atoms with E-state index in [1.54, 1.807) is 0 Å². The highest BCUT2D eigenvalue weighted by Crippen LogP contribution is 2.43. The summed E-state index contributed by atoms with van der Waals surface area (Å²) in [7, 11) is 0. The van der Waals surface area contributed by atoms with Crippen LogP contribution in [0, 0.1) is 0 Å². The lowest BCUT2D eigenvalue weighted by Crippen LogP contribution is -2.00. The highest BCUT2D eigenvalue weighted by Gasteiger charge is 2.18. The fourth-order valence-corrected chi connectivity index (χ4v) is 9.18. The summed E-state index contributed by atoms with van der Waals surface area (Å²) in [6, 6.07) is 68.5. The zero-order valence-electron chi connectivity index (χ0n) is 30.2. The molecule has 0 fully saturated rings. The van der Waals surface area contributed by atoms with E-state index < -0.39 is 0 Å². The fourth-order valence-electron chi connectivity index (χ4n) is 7.92. The van der Waals surface area contributed by atoms with Gasteiger partial charge < -0.3 is 4.57 Å². The molecule has 0 spiro atoms. The molecule has 0 radical (unpaired) electrons. The predicted octanol–water partition coefficient (Wildman–Crippen LogP) is 13.7. The second-order valence-electron chi connectivity index (χ2n) is 14.0. The van der Waals surface area contributed by atoms with E-state index in [2.05, 4.69) is 138 Å². The summed E-state index contributed by atoms with van der Waals surface area (Å²) in [6.45, 7) is 0. The van der Waals surface area contributed by atoms with Crippen molar-refractivity contribution in [2.45, 2.75) is 0 Å². The molecule has 0 saturated heterocycles. The van der Waals surface area contributed by atoms with Crippen LogP contribution in [0.1, 0.15) is 0 Å². The highest BCUT2D eigenvalue weighted by atomic mass is 32.1. The number of fused-ring (bicyclic) bond motifs is 7. The number of aromatic nitrogens is 4. The Morgan fingerprint density at radius 1 is 0.321 bits per heavy atom. The van der Waals surface area contributed by atoms with Gasteiger partial charge in [-0.2, -0.15) is 0 Å². The van der Waals surface area contributed by atoms with Crippen LogP contribution in [0.3, 0.4) is 0 Å². The standard InChI is InChI=1S/C51H32N4S/c1-3-11-37(12-4-1)49-52-50(38-13-5-2-6-14-38)54-51(53-49)39-25-23-35(24-26-39)33-19-21-34(22-20-33)36-27-29-40(30-28-36)55-44-17-9-7-16-43(44)47-45(55)32-31-42-41-15-8-10-18-46(41)56-48(42)47/h1-32H. The molecule has 262 valence electrons. The van der Waals surface area contributed by atoms with Gasteiger partial charge in [-0.15, -0.1) is 11.3 Å². The summed E-state index contributed by atoms with van der Waals surface area (Å²) in [5.41, 5.74) is 11.1. The van der Waals surface area contributed by atoms with E-state index in [0.29, 0.717) is 17.5 Å². The normalized spacial score (nSPS) is 11.6. The van der Waals surface area contributed by atoms with Crippen molar-refractivity contribution in [2.24, 2.45) is 0 Å². The summed E-state index contributed by atoms with van der Waals surface area (Å²) in [6.07, 6.45) is 0. The number of rotatable bonds is 6. The number of nitrogens with zero attached hydrogens (tertiary/aromatic N) is 4. The first-order valence-corrected chi connectivity index (χ1v) is 19.6. The molecule has 0 saturated carbocycles. The van der Waals surface area contributed by atoms with E-state index in [1.165, 1.54) is 53.1 Å². The Labute approximate surface area is 327 Å². The quantitative estimate of drug-likeness (QED) is 0.171. The molecule has 3 heterocycles. The van der Waals surface area contributed by atoms with E-state index in [9.17, 15) is 0 Å². The summed E-state index contributed by atoms with van der Waals surface area (Å²) < 4.78 is 5.09. The third-order valence-corrected chi connectivity index (χ3v) is 11.9. The Morgan fingerprint density at radius 2 is 0.768 bits per heavy atom. The van der Waals surface area contributed by atoms with Crippen molar-refractivity contribution in [1.82, 2.24) is 19.5 Å². The number of hydrogen-bond donors (Lipinski definition) is 0. The van der Waals surface area contributed by atoms with Gasteiger partial charge in [-0.25, -0.2) is 15.0 Å². The lowest BCUT2D eigenvalue weighted by Gasteiger charge is -2.10. The van der Waals surface area contributed by atoms with Gasteiger partial charge in [0, 0.05) is 53.3 Å². The summed E-state index contributed by atoms with van der Waals surface area (Å²) in [5.74, 6) is 1.97. The van der Waals surface area contributed by atoms with E-state index in [-0.39, 0.29) is 0 Å². The first-order chi connectivity index (χ1) is 27.7. The first-order valence-electron chi connectivity index (χ1n) is 18.8. The van der Waals surface area contributed by atoms with E-state index in [0.717, 1.165) is 33.5 Å². The van der Waals surface area contributed by atoms with Gasteiger partial charge >= 0.3 is 0 Å². The monoisotopic (exact) mass is 732 g/mol. The zero-order chi connectivity index (χ0) is 37.0. The van der Waals surface area contributed by atoms with Crippen LogP contribution >= 0.6 is 11.3 Å². The number of thiophene rings is 1. The van der Waals surface area contributed by atoms with Gasteiger partial charge in [-0.1, -0.05) is 164 Å². The van der Waals surface area contributed by atoms with Crippen molar-refractivity contribution in [3.05, 3.63) is 194 Å². The molecule has 0 atom stereocenters. The second kappa shape index (κ2) is 13.3. The number of hydrogen-bond acceptors (Lipinski definition) is 4. The molecular weight excluding hydrogens is 701 g/mol. The molecule has 0 aliphatic rings. The summed E-state index contributed by atoms with van der Waals surface area (Å²) in [4.78, 5) is 14.6. The van der Waals surface area contributed by atoms with Crippen LogP contribution in [0.2, 0.25) is 0 Å². The average Bonchev–Trinajstić information content (AvgIpc) is 3.83. The van der Waals surface area contributed by atoms with E-state index >= 15 is 0 Å². The molecule has 0 aliphatic heterocycles. The largest absolute Gasteiger partial charge is 0.309 e. The molecule has 3 aromatic heterocycles. The molecule has 0 amide bonds. The van der Waals surface area contributed by atoms with Gasteiger partial charge in [0.05, 0.1) is 11.0 Å². The SMILES string of the molecule is c1ccc(-c2nc(-c3ccccc3)nc(-c3ccc(-c4ccc(-c5ccc(-n6c7ccccc7c7c8sc9ccccc9c8ccc76)cc5)cc4)cc3)n2)cc1. The Bertz CT molecular complexity index is 3140. The first kappa shape index (κ1) is 32.2. The second-order valence-corrected chi connectivity index (χ2v) is 15.1. The predicted molar refractivity (Wildman–Crippen MR) is 234 cm³/mol. The smallest absolute Gasteiger partial charge is 0.164 e. The van der Waals surface area contributed by atoms with E-state index in [4.69, 9.17) is 15.0 Å². The molecule has 8 aromatic carbocycles. The van der Waals surface area contributed by atoms with E-state index in [1.807, 2.05) is 72.0 Å². The maximum atomic E-state index is 4.90. The van der Waals surface area contributed by atoms with Crippen molar-refractivity contribution in [2.75, 3.05) is 0 Å². The Morgan fingerprint density at radius 3 is 1.34 bits per heavy atom. The Hall–Kier alpha value is -7.21. The van der Waals surface area contributed by atoms with Crippen LogP contribution in [-0.4, -0.2) is 19.5 Å². The number of benzene rings is 8. The van der Waals surface area contributed by atoms with Gasteiger partial charge in [0.1, 0.15) is 0 Å². The number of para-hydroxylation sites is 1. The molecular formula is C51H32N4S. The van der Waals surface area contributed by atoms with Gasteiger partial charge in [0.25, 0.3) is 0 Å². The molecule has 0 N–H and O–H groups in total. The summed E-state index contributed by atoms with van der Waals surface area (Å²) in [5, 5.41) is 5.27. The lowest BCUT2D eigenvalue weighted by atomic mass is 9.99. The minimum atomic E-state index is 0.650. The minimum absolute atomic E-state index is 0.650. The van der Waals surface area contributed by atoms with Crippen molar-refractivity contribution < 1.29 is 0 Å². The average molecular weight is 733 g/mol. The highest BCUT2D eigenvalue weighted by molar-refractivity contribution is 7.26. The Kier molecular flexibility index (Phi) is 7.64. The summed E-state index contributed by atoms with van der Waals surface area (Å²) >= 11 is 1.89. The van der Waals surface area contributed by atoms with Gasteiger partial charge in [0.2, 0.25) is 0 Å². The van der Waals surface area contributed by atoms with Crippen molar-refractivity contribution in [3.8, 4) is 62.1 Å². The van der Waals surface area contributed by atoms with Crippen LogP contribution in [0.25, 0.3) is 104 Å². The van der Waals surface area contributed by atoms with Crippen molar-refractivity contribution in [1.29, 1.82) is 0 Å².